The lowest BCUT2D eigenvalue weighted by Crippen LogP contribution is -2.13. The van der Waals surface area contributed by atoms with Crippen LogP contribution in [-0.4, -0.2) is 9.13 Å². The minimum absolute atomic E-state index is 1.07. The molecule has 0 saturated heterocycles. The molecule has 0 fully saturated rings. The van der Waals surface area contributed by atoms with E-state index >= 15 is 0 Å². The summed E-state index contributed by atoms with van der Waals surface area (Å²) >= 11 is 0. The zero-order chi connectivity index (χ0) is 60.6. The lowest BCUT2D eigenvalue weighted by Gasteiger charge is -2.31. The predicted molar refractivity (Wildman–Crippen MR) is 391 cm³/mol. The average Bonchev–Trinajstić information content (AvgIpc) is 1.18. The Balaban J connectivity index is 0.856. The van der Waals surface area contributed by atoms with E-state index in [-0.39, 0.29) is 0 Å². The quantitative estimate of drug-likeness (QED) is 0.120. The van der Waals surface area contributed by atoms with E-state index in [1.54, 1.807) is 0 Å². The zero-order valence-electron chi connectivity index (χ0n) is 50.3. The molecule has 0 atom stereocenters. The topological polar surface area (TPSA) is 16.3 Å². The summed E-state index contributed by atoms with van der Waals surface area (Å²) in [6.45, 7) is 0. The zero-order valence-corrected chi connectivity index (χ0v) is 50.3. The maximum atomic E-state index is 2.55. The summed E-state index contributed by atoms with van der Waals surface area (Å²) in [4.78, 5) is 5.04. The molecule has 0 aliphatic rings. The molecule has 0 unspecified atom stereocenters. The minimum Gasteiger partial charge on any atom is -0.309 e. The van der Waals surface area contributed by atoms with E-state index in [9.17, 15) is 0 Å². The third-order valence-electron chi connectivity index (χ3n) is 18.8. The molecule has 0 aliphatic carbocycles. The molecule has 16 aromatic carbocycles. The van der Waals surface area contributed by atoms with Crippen molar-refractivity contribution in [3.8, 4) is 44.8 Å². The van der Waals surface area contributed by atoms with E-state index in [1.807, 2.05) is 0 Å². The van der Waals surface area contributed by atoms with Crippen LogP contribution in [0.2, 0.25) is 0 Å². The summed E-state index contributed by atoms with van der Waals surface area (Å²) in [7, 11) is 0. The van der Waals surface area contributed by atoms with Gasteiger partial charge in [0.05, 0.1) is 39.1 Å². The molecule has 0 aliphatic heterocycles. The molecule has 0 spiro atoms. The molecule has 2 aromatic heterocycles. The molecule has 92 heavy (non-hydrogen) atoms. The van der Waals surface area contributed by atoms with Gasteiger partial charge in [-0.05, 0) is 152 Å². The molecule has 18 aromatic rings. The van der Waals surface area contributed by atoms with Crippen molar-refractivity contribution in [2.75, 3.05) is 9.80 Å². The monoisotopic (exact) mass is 1170 g/mol. The van der Waals surface area contributed by atoms with Gasteiger partial charge in [-0.3, -0.25) is 0 Å². The fourth-order valence-electron chi connectivity index (χ4n) is 14.9. The van der Waals surface area contributed by atoms with Crippen molar-refractivity contribution in [2.45, 2.75) is 0 Å². The second kappa shape index (κ2) is 21.8. The maximum absolute atomic E-state index is 2.55. The third-order valence-corrected chi connectivity index (χ3v) is 18.8. The number of hydrogen-bond acceptors (Lipinski definition) is 2. The summed E-state index contributed by atoms with van der Waals surface area (Å²) in [5.41, 5.74) is 20.3. The Labute approximate surface area is 533 Å². The Hall–Kier alpha value is -12.2. The highest BCUT2D eigenvalue weighted by Gasteiger charge is 2.29. The Kier molecular flexibility index (Phi) is 12.5. The summed E-state index contributed by atoms with van der Waals surface area (Å²) in [6.07, 6.45) is 0. The Morgan fingerprint density at radius 1 is 0.196 bits per heavy atom. The van der Waals surface area contributed by atoms with Gasteiger partial charge in [0.2, 0.25) is 0 Å². The van der Waals surface area contributed by atoms with Gasteiger partial charge in [0, 0.05) is 71.9 Å². The smallest absolute Gasteiger partial charge is 0.0625 e. The number of anilines is 6. The van der Waals surface area contributed by atoms with Crippen LogP contribution in [0.15, 0.2) is 352 Å². The molecule has 0 radical (unpaired) electrons. The van der Waals surface area contributed by atoms with E-state index in [4.69, 9.17) is 0 Å². The number of nitrogens with zero attached hydrogens (tertiary/aromatic N) is 4. The van der Waals surface area contributed by atoms with Gasteiger partial charge in [-0.15, -0.1) is 0 Å². The Morgan fingerprint density at radius 2 is 0.609 bits per heavy atom. The Morgan fingerprint density at radius 3 is 1.22 bits per heavy atom. The number of rotatable bonds is 11. The molecule has 4 nitrogen and oxygen atoms in total. The fourth-order valence-corrected chi connectivity index (χ4v) is 14.9. The van der Waals surface area contributed by atoms with Crippen LogP contribution < -0.4 is 9.80 Å². The standard InChI is InChI=1S/C88H58N4/c1-6-28-59(29-7-1)84-73-44-20-16-40-68(73)70-42-18-22-46-75(70)87(84)89(63-32-8-2-9-33-63)67-53-54-72-78-57-61(52-55-80(78)91(83(72)58-67)65-36-12-4-13-37-65)60-30-26-31-62(56-60)85-74-45-21-17-41-69(74)71-43-19-23-47-76(71)88(85)92(66-38-14-5-15-39-66)82-51-27-50-81-86(82)77-48-24-25-49-79(77)90(81)64-34-10-3-11-35-64/h1-58H. The first kappa shape index (κ1) is 52.8. The van der Waals surface area contributed by atoms with Crippen molar-refractivity contribution in [3.63, 3.8) is 0 Å². The van der Waals surface area contributed by atoms with Crippen molar-refractivity contribution in [1.29, 1.82) is 0 Å². The highest BCUT2D eigenvalue weighted by atomic mass is 15.2. The number of fused-ring (bicyclic) bond motifs is 12. The molecule has 430 valence electrons. The van der Waals surface area contributed by atoms with Gasteiger partial charge in [-0.2, -0.15) is 0 Å². The Bertz CT molecular complexity index is 5870. The van der Waals surface area contributed by atoms with E-state index < -0.39 is 0 Å². The van der Waals surface area contributed by atoms with E-state index in [0.717, 1.165) is 84.3 Å². The number of benzene rings is 16. The maximum Gasteiger partial charge on any atom is 0.0625 e. The van der Waals surface area contributed by atoms with Gasteiger partial charge in [0.1, 0.15) is 0 Å². The normalized spacial score (nSPS) is 11.7. The van der Waals surface area contributed by atoms with Crippen molar-refractivity contribution in [1.82, 2.24) is 9.13 Å². The van der Waals surface area contributed by atoms with Crippen LogP contribution in [0.3, 0.4) is 0 Å². The first-order chi connectivity index (χ1) is 45.7. The summed E-state index contributed by atoms with van der Waals surface area (Å²) in [5.74, 6) is 0. The van der Waals surface area contributed by atoms with Crippen LogP contribution in [0.1, 0.15) is 0 Å². The molecule has 18 rings (SSSR count). The lowest BCUT2D eigenvalue weighted by molar-refractivity contribution is 1.18. The van der Waals surface area contributed by atoms with E-state index in [0.29, 0.717) is 0 Å². The molecule has 0 saturated carbocycles. The summed E-state index contributed by atoms with van der Waals surface area (Å²) in [5, 5.41) is 14.4. The largest absolute Gasteiger partial charge is 0.309 e. The molecule has 4 heteroatoms. The van der Waals surface area contributed by atoms with Gasteiger partial charge in [-0.1, -0.05) is 255 Å². The molecule has 0 amide bonds. The van der Waals surface area contributed by atoms with Crippen LogP contribution >= 0.6 is 0 Å². The average molecular weight is 1170 g/mol. The third kappa shape index (κ3) is 8.46. The summed E-state index contributed by atoms with van der Waals surface area (Å²) < 4.78 is 4.87. The van der Waals surface area contributed by atoms with Crippen LogP contribution in [0, 0.1) is 0 Å². The predicted octanol–water partition coefficient (Wildman–Crippen LogP) is 24.4. The van der Waals surface area contributed by atoms with Crippen molar-refractivity contribution < 1.29 is 0 Å². The van der Waals surface area contributed by atoms with Crippen LogP contribution in [0.25, 0.3) is 131 Å². The van der Waals surface area contributed by atoms with Gasteiger partial charge in [-0.25, -0.2) is 0 Å². The second-order valence-electron chi connectivity index (χ2n) is 23.9. The lowest BCUT2D eigenvalue weighted by atomic mass is 9.88. The molecular formula is C88H58N4. The van der Waals surface area contributed by atoms with Gasteiger partial charge in [0.15, 0.2) is 0 Å². The van der Waals surface area contributed by atoms with Crippen LogP contribution in [-0.2, 0) is 0 Å². The SMILES string of the molecule is c1ccc(-c2c(N(c3ccccc3)c3ccc4c5cc(-c6cccc(-c7c(N(c8ccccc8)c8cccc9c8c8ccccc8n9-c8ccccc8)c8ccccc8c8ccccc78)c6)ccc5n(-c5ccccc5)c4c3)c3ccccc3c3ccccc23)cc1. The van der Waals surface area contributed by atoms with Crippen molar-refractivity contribution >= 4 is 121 Å². The van der Waals surface area contributed by atoms with Crippen LogP contribution in [0.4, 0.5) is 34.1 Å². The molecular weight excluding hydrogens is 1110 g/mol. The van der Waals surface area contributed by atoms with Gasteiger partial charge >= 0.3 is 0 Å². The van der Waals surface area contributed by atoms with E-state index in [1.165, 1.54) is 81.3 Å². The number of para-hydroxylation sites is 5. The molecule has 0 bridgehead atoms. The number of hydrogen-bond donors (Lipinski definition) is 0. The first-order valence-electron chi connectivity index (χ1n) is 31.7. The summed E-state index contributed by atoms with van der Waals surface area (Å²) in [6, 6.07) is 129. The van der Waals surface area contributed by atoms with E-state index in [2.05, 4.69) is 371 Å². The van der Waals surface area contributed by atoms with Gasteiger partial charge < -0.3 is 18.9 Å². The highest BCUT2D eigenvalue weighted by molar-refractivity contribution is 6.26. The van der Waals surface area contributed by atoms with Crippen molar-refractivity contribution in [3.05, 3.63) is 352 Å². The van der Waals surface area contributed by atoms with Crippen molar-refractivity contribution in [2.24, 2.45) is 0 Å². The number of aromatic nitrogens is 2. The van der Waals surface area contributed by atoms with Gasteiger partial charge in [0.25, 0.3) is 0 Å². The second-order valence-corrected chi connectivity index (χ2v) is 23.9. The molecule has 0 N–H and O–H groups in total. The minimum atomic E-state index is 1.07. The molecule has 2 heterocycles. The van der Waals surface area contributed by atoms with Crippen LogP contribution in [0.5, 0.6) is 0 Å². The first-order valence-corrected chi connectivity index (χ1v) is 31.7. The fraction of sp³-hybridized carbons (Fsp3) is 0. The highest BCUT2D eigenvalue weighted by Crippen LogP contribution is 2.54.